The Kier molecular flexibility index (Phi) is 5.25. The Hall–Kier alpha value is -2.90. The molecule has 4 aromatic rings. The summed E-state index contributed by atoms with van der Waals surface area (Å²) in [6.07, 6.45) is 0. The zero-order chi connectivity index (χ0) is 20.4. The summed E-state index contributed by atoms with van der Waals surface area (Å²) >= 11 is 0. The van der Waals surface area contributed by atoms with Gasteiger partial charge >= 0.3 is 0 Å². The predicted octanol–water partition coefficient (Wildman–Crippen LogP) is 4.30. The van der Waals surface area contributed by atoms with Gasteiger partial charge in [-0.15, -0.1) is 0 Å². The quantitative estimate of drug-likeness (QED) is 0.359. The first-order chi connectivity index (χ1) is 14.0. The van der Waals surface area contributed by atoms with Gasteiger partial charge in [0.15, 0.2) is 8.07 Å². The molecule has 144 valence electrons. The van der Waals surface area contributed by atoms with Crippen LogP contribution in [0.15, 0.2) is 97.1 Å². The molecule has 0 aliphatic carbocycles. The van der Waals surface area contributed by atoms with Crippen molar-refractivity contribution in [2.45, 2.75) is 27.7 Å². The molecule has 0 aromatic heterocycles. The van der Waals surface area contributed by atoms with E-state index in [1.807, 2.05) is 0 Å². The molecule has 0 radical (unpaired) electrons. The van der Waals surface area contributed by atoms with Crippen LogP contribution in [-0.4, -0.2) is 8.07 Å². The first kappa shape index (κ1) is 19.4. The van der Waals surface area contributed by atoms with Crippen LogP contribution in [0.5, 0.6) is 0 Å². The van der Waals surface area contributed by atoms with Crippen molar-refractivity contribution in [2.24, 2.45) is 0 Å². The van der Waals surface area contributed by atoms with Gasteiger partial charge in [-0.3, -0.25) is 0 Å². The number of benzene rings is 4. The van der Waals surface area contributed by atoms with Gasteiger partial charge in [0.05, 0.1) is 0 Å². The number of hydrogen-bond donors (Lipinski definition) is 0. The molecule has 0 aliphatic rings. The Labute approximate surface area is 175 Å². The van der Waals surface area contributed by atoms with Gasteiger partial charge in [0, 0.05) is 0 Å². The SMILES string of the molecule is Cc1cc(C)cc([Si](c2ccccc2)(c2ccccc2)c2cc(C)cc(C)c2)c1. The maximum atomic E-state index is 2.41. The summed E-state index contributed by atoms with van der Waals surface area (Å²) in [5.74, 6) is 0. The van der Waals surface area contributed by atoms with Gasteiger partial charge in [0.25, 0.3) is 0 Å². The summed E-state index contributed by atoms with van der Waals surface area (Å²) < 4.78 is 0. The highest BCUT2D eigenvalue weighted by atomic mass is 28.3. The van der Waals surface area contributed by atoms with E-state index in [1.54, 1.807) is 0 Å². The molecule has 0 unspecified atom stereocenters. The minimum Gasteiger partial charge on any atom is -0.0623 e. The molecule has 0 saturated heterocycles. The maximum Gasteiger partial charge on any atom is 0.179 e. The van der Waals surface area contributed by atoms with Gasteiger partial charge in [-0.05, 0) is 48.4 Å². The van der Waals surface area contributed by atoms with Crippen LogP contribution < -0.4 is 20.7 Å². The van der Waals surface area contributed by atoms with E-state index in [2.05, 4.69) is 125 Å². The van der Waals surface area contributed by atoms with Crippen LogP contribution in [0, 0.1) is 27.7 Å². The highest BCUT2D eigenvalue weighted by Crippen LogP contribution is 2.14. The van der Waals surface area contributed by atoms with E-state index in [0.717, 1.165) is 0 Å². The summed E-state index contributed by atoms with van der Waals surface area (Å²) in [5.41, 5.74) is 5.31. The van der Waals surface area contributed by atoms with E-state index in [4.69, 9.17) is 0 Å². The second kappa shape index (κ2) is 7.85. The van der Waals surface area contributed by atoms with Crippen LogP contribution in [0.25, 0.3) is 0 Å². The Morgan fingerprint density at radius 3 is 1.00 bits per heavy atom. The fourth-order valence-corrected chi connectivity index (χ4v) is 9.92. The van der Waals surface area contributed by atoms with Crippen LogP contribution >= 0.6 is 0 Å². The predicted molar refractivity (Wildman–Crippen MR) is 129 cm³/mol. The molecular formula is C28H28Si. The summed E-state index contributed by atoms with van der Waals surface area (Å²) in [6.45, 7) is 8.86. The highest BCUT2D eigenvalue weighted by molar-refractivity contribution is 7.19. The van der Waals surface area contributed by atoms with Gasteiger partial charge in [0.2, 0.25) is 0 Å². The molecular weight excluding hydrogens is 364 g/mol. The second-order valence-electron chi connectivity index (χ2n) is 8.23. The second-order valence-corrected chi connectivity index (χ2v) is 12.0. The molecule has 0 fully saturated rings. The molecule has 0 saturated carbocycles. The third-order valence-electron chi connectivity index (χ3n) is 5.72. The van der Waals surface area contributed by atoms with E-state index >= 15 is 0 Å². The molecule has 0 N–H and O–H groups in total. The lowest BCUT2D eigenvalue weighted by molar-refractivity contribution is 1.39. The van der Waals surface area contributed by atoms with Crippen molar-refractivity contribution >= 4 is 28.8 Å². The van der Waals surface area contributed by atoms with Crippen LogP contribution in [-0.2, 0) is 0 Å². The van der Waals surface area contributed by atoms with Crippen molar-refractivity contribution < 1.29 is 0 Å². The monoisotopic (exact) mass is 392 g/mol. The molecule has 0 nitrogen and oxygen atoms in total. The Bertz CT molecular complexity index is 994. The molecule has 4 aromatic carbocycles. The van der Waals surface area contributed by atoms with Crippen molar-refractivity contribution in [3.63, 3.8) is 0 Å². The van der Waals surface area contributed by atoms with E-state index in [-0.39, 0.29) is 0 Å². The van der Waals surface area contributed by atoms with Gasteiger partial charge in [-0.1, -0.05) is 119 Å². The van der Waals surface area contributed by atoms with Crippen LogP contribution in [0.4, 0.5) is 0 Å². The summed E-state index contributed by atoms with van der Waals surface area (Å²) in [6, 6.07) is 36.5. The molecule has 29 heavy (non-hydrogen) atoms. The van der Waals surface area contributed by atoms with E-state index < -0.39 is 8.07 Å². The fraction of sp³-hybridized carbons (Fsp3) is 0.143. The first-order valence-electron chi connectivity index (χ1n) is 10.3. The van der Waals surface area contributed by atoms with E-state index in [9.17, 15) is 0 Å². The molecule has 0 aliphatic heterocycles. The highest BCUT2D eigenvalue weighted by Gasteiger charge is 2.41. The van der Waals surface area contributed by atoms with Crippen molar-refractivity contribution in [1.82, 2.24) is 0 Å². The summed E-state index contributed by atoms with van der Waals surface area (Å²) in [7, 11) is -2.43. The zero-order valence-corrected chi connectivity index (χ0v) is 18.7. The minimum atomic E-state index is -2.43. The normalized spacial score (nSPS) is 11.4. The summed E-state index contributed by atoms with van der Waals surface area (Å²) in [4.78, 5) is 0. The average Bonchev–Trinajstić information content (AvgIpc) is 2.69. The topological polar surface area (TPSA) is 0 Å². The van der Waals surface area contributed by atoms with Crippen molar-refractivity contribution in [3.05, 3.63) is 119 Å². The van der Waals surface area contributed by atoms with Crippen LogP contribution in [0.3, 0.4) is 0 Å². The van der Waals surface area contributed by atoms with Crippen LogP contribution in [0.1, 0.15) is 22.3 Å². The lowest BCUT2D eigenvalue weighted by Crippen LogP contribution is -2.75. The lowest BCUT2D eigenvalue weighted by atomic mass is 10.1. The molecule has 0 bridgehead atoms. The number of hydrogen-bond acceptors (Lipinski definition) is 0. The molecule has 1 heteroatoms. The van der Waals surface area contributed by atoms with Crippen molar-refractivity contribution in [3.8, 4) is 0 Å². The molecule has 0 amide bonds. The van der Waals surface area contributed by atoms with E-state index in [1.165, 1.54) is 43.0 Å². The smallest absolute Gasteiger partial charge is 0.0623 e. The van der Waals surface area contributed by atoms with Gasteiger partial charge in [-0.2, -0.15) is 0 Å². The Morgan fingerprint density at radius 1 is 0.379 bits per heavy atom. The average molecular weight is 393 g/mol. The van der Waals surface area contributed by atoms with Crippen molar-refractivity contribution in [2.75, 3.05) is 0 Å². The maximum absolute atomic E-state index is 2.43. The lowest BCUT2D eigenvalue weighted by Gasteiger charge is -2.35. The first-order valence-corrected chi connectivity index (χ1v) is 12.3. The Morgan fingerprint density at radius 2 is 0.690 bits per heavy atom. The summed E-state index contributed by atoms with van der Waals surface area (Å²) in [5, 5.41) is 5.78. The molecule has 4 rings (SSSR count). The Balaban J connectivity index is 2.20. The zero-order valence-electron chi connectivity index (χ0n) is 17.7. The standard InChI is InChI=1S/C28H28Si/c1-21-15-22(2)18-27(17-21)29(25-11-7-5-8-12-25,26-13-9-6-10-14-26)28-19-23(3)16-24(4)20-28/h5-20H,1-4H3. The third kappa shape index (κ3) is 3.59. The van der Waals surface area contributed by atoms with Crippen molar-refractivity contribution in [1.29, 1.82) is 0 Å². The molecule has 0 heterocycles. The van der Waals surface area contributed by atoms with E-state index in [0.29, 0.717) is 0 Å². The third-order valence-corrected chi connectivity index (χ3v) is 10.4. The van der Waals surface area contributed by atoms with Gasteiger partial charge < -0.3 is 0 Å². The fourth-order valence-electron chi connectivity index (χ4n) is 4.76. The number of rotatable bonds is 4. The minimum absolute atomic E-state index is 1.33. The van der Waals surface area contributed by atoms with Gasteiger partial charge in [0.1, 0.15) is 0 Å². The largest absolute Gasteiger partial charge is 0.179 e. The molecule has 0 spiro atoms. The van der Waals surface area contributed by atoms with Crippen LogP contribution in [0.2, 0.25) is 0 Å². The van der Waals surface area contributed by atoms with Gasteiger partial charge in [-0.25, -0.2) is 0 Å². The number of aryl methyl sites for hydroxylation is 4. The molecule has 0 atom stereocenters.